The minimum atomic E-state index is -0.461. The van der Waals surface area contributed by atoms with Gasteiger partial charge in [-0.2, -0.15) is 0 Å². The fraction of sp³-hybridized carbons (Fsp3) is 0.421. The van der Waals surface area contributed by atoms with E-state index in [1.807, 2.05) is 12.1 Å². The van der Waals surface area contributed by atoms with Crippen LogP contribution in [-0.4, -0.2) is 48.8 Å². The molecule has 2 rings (SSSR count). The van der Waals surface area contributed by atoms with Gasteiger partial charge >= 0.3 is 0 Å². The second kappa shape index (κ2) is 9.97. The molecule has 3 N–H and O–H groups in total. The minimum Gasteiger partial charge on any atom is -0.386 e. The highest BCUT2D eigenvalue weighted by Gasteiger charge is 2.25. The number of rotatable bonds is 6. The Morgan fingerprint density at radius 3 is 2.33 bits per heavy atom. The van der Waals surface area contributed by atoms with Crippen LogP contribution in [0.25, 0.3) is 0 Å². The van der Waals surface area contributed by atoms with Crippen molar-refractivity contribution in [3.05, 3.63) is 46.6 Å². The molecule has 1 aromatic rings. The monoisotopic (exact) mass is 392 g/mol. The first kappa shape index (κ1) is 20.8. The third-order valence-electron chi connectivity index (χ3n) is 4.46. The van der Waals surface area contributed by atoms with Gasteiger partial charge in [0.15, 0.2) is 0 Å². The molecule has 1 heterocycles. The molecule has 1 aromatic carbocycles. The van der Waals surface area contributed by atoms with Gasteiger partial charge < -0.3 is 20.9 Å². The van der Waals surface area contributed by atoms with Crippen molar-refractivity contribution in [1.29, 1.82) is 0 Å². The van der Waals surface area contributed by atoms with E-state index in [0.29, 0.717) is 37.5 Å². The first-order chi connectivity index (χ1) is 12.9. The smallest absolute Gasteiger partial charge is 0.258 e. The zero-order valence-corrected chi connectivity index (χ0v) is 16.3. The molecule has 0 saturated carbocycles. The van der Waals surface area contributed by atoms with Gasteiger partial charge in [0.25, 0.3) is 11.8 Å². The lowest BCUT2D eigenvalue weighted by molar-refractivity contribution is -0.130. The van der Waals surface area contributed by atoms with Gasteiger partial charge in [0.05, 0.1) is 0 Å². The van der Waals surface area contributed by atoms with Crippen molar-refractivity contribution in [2.24, 2.45) is 0 Å². The molecule has 3 amide bonds. The summed E-state index contributed by atoms with van der Waals surface area (Å²) in [5.74, 6) is -0.853. The van der Waals surface area contributed by atoms with Gasteiger partial charge in [-0.3, -0.25) is 14.4 Å². The maximum absolute atomic E-state index is 12.5. The summed E-state index contributed by atoms with van der Waals surface area (Å²) in [6.07, 6.45) is 2.77. The van der Waals surface area contributed by atoms with Gasteiger partial charge in [0.2, 0.25) is 5.91 Å². The normalized spacial score (nSPS) is 15.2. The lowest BCUT2D eigenvalue weighted by atomic mass is 10.0. The predicted octanol–water partition coefficient (Wildman–Crippen LogP) is 1.19. The van der Waals surface area contributed by atoms with E-state index in [-0.39, 0.29) is 17.5 Å². The summed E-state index contributed by atoms with van der Waals surface area (Å²) in [6, 6.07) is 7.24. The van der Waals surface area contributed by atoms with Crippen molar-refractivity contribution < 1.29 is 14.4 Å². The van der Waals surface area contributed by atoms with Gasteiger partial charge in [-0.1, -0.05) is 23.7 Å². The van der Waals surface area contributed by atoms with Crippen LogP contribution in [0.15, 0.2) is 36.0 Å². The second-order valence-electron chi connectivity index (χ2n) is 6.40. The van der Waals surface area contributed by atoms with Crippen molar-refractivity contribution in [2.45, 2.75) is 32.4 Å². The molecule has 0 unspecified atom stereocenters. The minimum absolute atomic E-state index is 0.0143. The molecule has 0 radical (unpaired) electrons. The fourth-order valence-corrected chi connectivity index (χ4v) is 2.97. The molecule has 146 valence electrons. The number of amides is 3. The number of carbonyl (C=O) groups excluding carboxylic acids is 3. The number of hydrogen-bond acceptors (Lipinski definition) is 4. The van der Waals surface area contributed by atoms with Gasteiger partial charge in [0.1, 0.15) is 5.57 Å². The summed E-state index contributed by atoms with van der Waals surface area (Å²) in [5.41, 5.74) is 0.990. The maximum Gasteiger partial charge on any atom is 0.258 e. The number of halogens is 1. The van der Waals surface area contributed by atoms with Crippen molar-refractivity contribution in [3.63, 3.8) is 0 Å². The van der Waals surface area contributed by atoms with E-state index < -0.39 is 11.8 Å². The van der Waals surface area contributed by atoms with Crippen molar-refractivity contribution in [1.82, 2.24) is 20.9 Å². The zero-order chi connectivity index (χ0) is 19.8. The Labute approximate surface area is 164 Å². The van der Waals surface area contributed by atoms with Crippen LogP contribution in [0.5, 0.6) is 0 Å². The number of likely N-dealkylation sites (N-methyl/N-ethyl adjacent to an activating group) is 1. The number of benzene rings is 1. The van der Waals surface area contributed by atoms with Crippen LogP contribution in [0.1, 0.15) is 25.3 Å². The first-order valence-electron chi connectivity index (χ1n) is 8.87. The highest BCUT2D eigenvalue weighted by atomic mass is 35.5. The maximum atomic E-state index is 12.5. The average Bonchev–Trinajstić information content (AvgIpc) is 2.66. The first-order valence-corrected chi connectivity index (χ1v) is 9.25. The Kier molecular flexibility index (Phi) is 7.67. The number of hydrogen-bond donors (Lipinski definition) is 3. The fourth-order valence-electron chi connectivity index (χ4n) is 2.84. The van der Waals surface area contributed by atoms with Crippen LogP contribution in [-0.2, 0) is 20.9 Å². The molecule has 1 fully saturated rings. The van der Waals surface area contributed by atoms with Crippen LogP contribution in [0.4, 0.5) is 0 Å². The number of carbonyl (C=O) groups is 3. The number of piperidine rings is 1. The highest BCUT2D eigenvalue weighted by molar-refractivity contribution is 6.30. The standard InChI is InChI=1S/C19H25ClN4O3/c1-13(25)24-9-7-16(8-10-24)23-19(27)17(18(26)21-2)12-22-11-14-3-5-15(20)6-4-14/h3-6,12,16,22H,7-11H2,1-2H3,(H,21,26)(H,23,27)/b17-12+. The third-order valence-corrected chi connectivity index (χ3v) is 4.71. The van der Waals surface area contributed by atoms with Crippen molar-refractivity contribution in [2.75, 3.05) is 20.1 Å². The van der Waals surface area contributed by atoms with Crippen LogP contribution >= 0.6 is 11.6 Å². The highest BCUT2D eigenvalue weighted by Crippen LogP contribution is 2.12. The summed E-state index contributed by atoms with van der Waals surface area (Å²) in [5, 5.41) is 9.01. The van der Waals surface area contributed by atoms with E-state index in [2.05, 4.69) is 16.0 Å². The molecular weight excluding hydrogens is 368 g/mol. The Bertz CT molecular complexity index is 710. The van der Waals surface area contributed by atoms with Crippen molar-refractivity contribution in [3.8, 4) is 0 Å². The molecule has 0 bridgehead atoms. The van der Waals surface area contributed by atoms with E-state index in [1.54, 1.807) is 17.0 Å². The Balaban J connectivity index is 1.94. The van der Waals surface area contributed by atoms with Crippen LogP contribution < -0.4 is 16.0 Å². The van der Waals surface area contributed by atoms with Gasteiger partial charge in [-0.25, -0.2) is 0 Å². The topological polar surface area (TPSA) is 90.5 Å². The summed E-state index contributed by atoms with van der Waals surface area (Å²) >= 11 is 5.86. The van der Waals surface area contributed by atoms with E-state index in [4.69, 9.17) is 11.6 Å². The van der Waals surface area contributed by atoms with Crippen LogP contribution in [0, 0.1) is 0 Å². The van der Waals surface area contributed by atoms with E-state index >= 15 is 0 Å². The molecule has 27 heavy (non-hydrogen) atoms. The summed E-state index contributed by atoms with van der Waals surface area (Å²) in [7, 11) is 1.48. The summed E-state index contributed by atoms with van der Waals surface area (Å²) in [6.45, 7) is 3.21. The Hall–Kier alpha value is -2.54. The molecule has 7 nitrogen and oxygen atoms in total. The molecule has 0 atom stereocenters. The number of likely N-dealkylation sites (tertiary alicyclic amines) is 1. The molecule has 0 aromatic heterocycles. The zero-order valence-electron chi connectivity index (χ0n) is 15.5. The Morgan fingerprint density at radius 1 is 1.15 bits per heavy atom. The molecule has 0 aliphatic carbocycles. The van der Waals surface area contributed by atoms with E-state index in [1.165, 1.54) is 20.2 Å². The molecule has 1 aliphatic heterocycles. The number of nitrogens with one attached hydrogen (secondary N) is 3. The summed E-state index contributed by atoms with van der Waals surface area (Å²) in [4.78, 5) is 37.7. The lowest BCUT2D eigenvalue weighted by Gasteiger charge is -2.31. The van der Waals surface area contributed by atoms with Gasteiger partial charge in [-0.05, 0) is 30.5 Å². The van der Waals surface area contributed by atoms with E-state index in [0.717, 1.165) is 5.56 Å². The van der Waals surface area contributed by atoms with Gasteiger partial charge in [0, 0.05) is 50.9 Å². The molecule has 1 aliphatic rings. The van der Waals surface area contributed by atoms with Crippen LogP contribution in [0.3, 0.4) is 0 Å². The largest absolute Gasteiger partial charge is 0.386 e. The molecule has 1 saturated heterocycles. The van der Waals surface area contributed by atoms with Crippen molar-refractivity contribution >= 4 is 29.3 Å². The molecule has 8 heteroatoms. The second-order valence-corrected chi connectivity index (χ2v) is 6.83. The third kappa shape index (κ3) is 6.29. The number of nitrogens with zero attached hydrogens (tertiary/aromatic N) is 1. The molecule has 0 spiro atoms. The molecular formula is C19H25ClN4O3. The quantitative estimate of drug-likeness (QED) is 0.385. The van der Waals surface area contributed by atoms with Gasteiger partial charge in [-0.15, -0.1) is 0 Å². The summed E-state index contributed by atoms with van der Waals surface area (Å²) < 4.78 is 0. The van der Waals surface area contributed by atoms with Crippen LogP contribution in [0.2, 0.25) is 5.02 Å². The van der Waals surface area contributed by atoms with E-state index in [9.17, 15) is 14.4 Å². The Morgan fingerprint density at radius 2 is 1.78 bits per heavy atom. The lowest BCUT2D eigenvalue weighted by Crippen LogP contribution is -2.47. The average molecular weight is 393 g/mol. The predicted molar refractivity (Wildman–Crippen MR) is 104 cm³/mol. The SMILES string of the molecule is CNC(=O)/C(=C\NCc1ccc(Cl)cc1)C(=O)NC1CCN(C(C)=O)CC1.